The van der Waals surface area contributed by atoms with Gasteiger partial charge in [-0.1, -0.05) is 78.3 Å². The normalized spacial score (nSPS) is 11.3. The molecule has 0 radical (unpaired) electrons. The van der Waals surface area contributed by atoms with Crippen LogP contribution in [0, 0.1) is 0 Å². The van der Waals surface area contributed by atoms with Crippen LogP contribution in [0.4, 0.5) is 0 Å². The predicted molar refractivity (Wildman–Crippen MR) is 123 cm³/mol. The molecular weight excluding hydrogens is 472 g/mol. The second-order valence-corrected chi connectivity index (χ2v) is 10.0. The Balaban J connectivity index is 0.000000243. The molecule has 0 atom stereocenters. The van der Waals surface area contributed by atoms with E-state index in [0.717, 1.165) is 5.56 Å². The Hall–Kier alpha value is -3.18. The second kappa shape index (κ2) is 9.96. The summed E-state index contributed by atoms with van der Waals surface area (Å²) in [6.07, 6.45) is 1.40. The zero-order valence-corrected chi connectivity index (χ0v) is 18.9. The first-order valence-electron chi connectivity index (χ1n) is 9.13. The minimum Gasteiger partial charge on any atom is -0.225 e. The Bertz CT molecular complexity index is 1380. The number of hydrogen-bond donors (Lipinski definition) is 2. The first kappa shape index (κ1) is 23.5. The fraction of sp³-hybridized carbons (Fsp3) is 0. The number of benzene rings is 3. The van der Waals surface area contributed by atoms with Crippen LogP contribution in [0.2, 0.25) is 5.02 Å². The predicted octanol–water partition coefficient (Wildman–Crippen LogP) is 3.47. The van der Waals surface area contributed by atoms with Gasteiger partial charge in [0.15, 0.2) is 0 Å². The quantitative estimate of drug-likeness (QED) is 0.443. The fourth-order valence-corrected chi connectivity index (χ4v) is 4.39. The average molecular weight is 491 g/mol. The van der Waals surface area contributed by atoms with Gasteiger partial charge in [0.2, 0.25) is 10.0 Å². The van der Waals surface area contributed by atoms with Gasteiger partial charge < -0.3 is 0 Å². The number of nitrogens with one attached hydrogen (secondary N) is 1. The molecule has 0 saturated carbocycles. The molecule has 11 heteroatoms. The smallest absolute Gasteiger partial charge is 0.225 e. The van der Waals surface area contributed by atoms with Crippen LogP contribution in [0.15, 0.2) is 107 Å². The van der Waals surface area contributed by atoms with Crippen molar-refractivity contribution >= 4 is 31.6 Å². The average Bonchev–Trinajstić information content (AvgIpc) is 3.14. The molecule has 0 aliphatic rings. The molecule has 0 aliphatic heterocycles. The van der Waals surface area contributed by atoms with Gasteiger partial charge in [0.25, 0.3) is 10.0 Å². The van der Waals surface area contributed by atoms with Gasteiger partial charge in [-0.2, -0.15) is 23.1 Å². The van der Waals surface area contributed by atoms with Gasteiger partial charge in [-0.05, 0) is 24.3 Å². The van der Waals surface area contributed by atoms with Gasteiger partial charge in [0.1, 0.15) is 5.69 Å². The number of primary sulfonamides is 1. The lowest BCUT2D eigenvalue weighted by Crippen LogP contribution is -2.25. The van der Waals surface area contributed by atoms with E-state index in [0.29, 0.717) is 10.7 Å². The third kappa shape index (κ3) is 5.95. The highest BCUT2D eigenvalue weighted by Gasteiger charge is 2.18. The van der Waals surface area contributed by atoms with Crippen molar-refractivity contribution in [1.29, 1.82) is 0 Å². The SMILES string of the molecule is NS(=O)(=O)c1ccccc1.O=S(=O)(Nn1ncc(Cl)c1-c1ccccc1)c1ccccc1. The summed E-state index contributed by atoms with van der Waals surface area (Å²) in [7, 11) is -7.24. The summed E-state index contributed by atoms with van der Waals surface area (Å²) in [4.78, 5) is 3.88. The number of rotatable bonds is 5. The van der Waals surface area contributed by atoms with Crippen LogP contribution in [-0.2, 0) is 20.0 Å². The molecule has 3 N–H and O–H groups in total. The van der Waals surface area contributed by atoms with Crippen LogP contribution in [0.25, 0.3) is 11.3 Å². The number of hydrogen-bond acceptors (Lipinski definition) is 5. The second-order valence-electron chi connectivity index (χ2n) is 6.38. The Morgan fingerprint density at radius 1 is 0.750 bits per heavy atom. The van der Waals surface area contributed by atoms with Gasteiger partial charge in [0, 0.05) is 5.56 Å². The molecule has 166 valence electrons. The molecule has 4 rings (SSSR count). The summed E-state index contributed by atoms with van der Waals surface area (Å²) in [5.74, 6) is 0. The van der Waals surface area contributed by atoms with Crippen molar-refractivity contribution in [2.24, 2.45) is 5.14 Å². The molecule has 1 heterocycles. The number of halogens is 1. The van der Waals surface area contributed by atoms with E-state index < -0.39 is 20.0 Å². The van der Waals surface area contributed by atoms with Crippen LogP contribution >= 0.6 is 11.6 Å². The lowest BCUT2D eigenvalue weighted by Gasteiger charge is -2.11. The number of nitrogens with zero attached hydrogens (tertiary/aromatic N) is 2. The molecule has 0 aliphatic carbocycles. The summed E-state index contributed by atoms with van der Waals surface area (Å²) < 4.78 is 46.0. The van der Waals surface area contributed by atoms with Crippen molar-refractivity contribution in [2.45, 2.75) is 9.79 Å². The molecule has 0 spiro atoms. The zero-order chi connectivity index (χ0) is 23.2. The van der Waals surface area contributed by atoms with E-state index in [9.17, 15) is 16.8 Å². The van der Waals surface area contributed by atoms with E-state index >= 15 is 0 Å². The molecular formula is C21H19ClN4O4S2. The zero-order valence-electron chi connectivity index (χ0n) is 16.5. The fourth-order valence-electron chi connectivity index (χ4n) is 2.63. The molecule has 4 aromatic rings. The molecule has 0 saturated heterocycles. The van der Waals surface area contributed by atoms with Crippen molar-refractivity contribution in [2.75, 3.05) is 4.83 Å². The van der Waals surface area contributed by atoms with Crippen molar-refractivity contribution in [3.05, 3.63) is 102 Å². The van der Waals surface area contributed by atoms with E-state index in [-0.39, 0.29) is 9.79 Å². The maximum atomic E-state index is 12.4. The van der Waals surface area contributed by atoms with Gasteiger partial charge in [-0.3, -0.25) is 0 Å². The minimum absolute atomic E-state index is 0.148. The molecule has 0 amide bonds. The van der Waals surface area contributed by atoms with Crippen LogP contribution in [0.3, 0.4) is 0 Å². The van der Waals surface area contributed by atoms with Gasteiger partial charge >= 0.3 is 0 Å². The summed E-state index contributed by atoms with van der Waals surface area (Å²) in [6.45, 7) is 0. The summed E-state index contributed by atoms with van der Waals surface area (Å²) in [5.41, 5.74) is 1.25. The molecule has 0 unspecified atom stereocenters. The first-order chi connectivity index (χ1) is 15.2. The van der Waals surface area contributed by atoms with E-state index in [1.807, 2.05) is 30.3 Å². The molecule has 32 heavy (non-hydrogen) atoms. The Morgan fingerprint density at radius 3 is 1.69 bits per heavy atom. The third-order valence-corrected chi connectivity index (χ3v) is 6.62. The van der Waals surface area contributed by atoms with Crippen LogP contribution < -0.4 is 9.97 Å². The number of aromatic nitrogens is 2. The maximum absolute atomic E-state index is 12.4. The van der Waals surface area contributed by atoms with Crippen molar-refractivity contribution in [3.8, 4) is 11.3 Å². The van der Waals surface area contributed by atoms with E-state index in [1.165, 1.54) is 35.3 Å². The lowest BCUT2D eigenvalue weighted by molar-refractivity contribution is 0.591. The van der Waals surface area contributed by atoms with Gasteiger partial charge in [0.05, 0.1) is 21.0 Å². The highest BCUT2D eigenvalue weighted by Crippen LogP contribution is 2.27. The highest BCUT2D eigenvalue weighted by molar-refractivity contribution is 7.92. The molecule has 8 nitrogen and oxygen atoms in total. The minimum atomic E-state index is -3.74. The molecule has 0 fully saturated rings. The summed E-state index contributed by atoms with van der Waals surface area (Å²) >= 11 is 6.14. The van der Waals surface area contributed by atoms with Crippen LogP contribution in [0.5, 0.6) is 0 Å². The van der Waals surface area contributed by atoms with Crippen molar-refractivity contribution in [1.82, 2.24) is 9.89 Å². The van der Waals surface area contributed by atoms with Gasteiger partial charge in [-0.25, -0.2) is 13.6 Å². The standard InChI is InChI=1S/C15H12ClN3O2S.C6H7NO2S/c16-14-11-17-19(15(14)12-7-3-1-4-8-12)18-22(20,21)13-9-5-2-6-10-13;7-10(8,9)6-4-2-1-3-5-6/h1-11,18H;1-5H,(H2,7,8,9). The topological polar surface area (TPSA) is 124 Å². The third-order valence-electron chi connectivity index (χ3n) is 4.10. The van der Waals surface area contributed by atoms with Crippen LogP contribution in [0.1, 0.15) is 0 Å². The Labute approximate surface area is 191 Å². The first-order valence-corrected chi connectivity index (χ1v) is 12.5. The largest absolute Gasteiger partial charge is 0.276 e. The Kier molecular flexibility index (Phi) is 7.31. The van der Waals surface area contributed by atoms with Crippen LogP contribution in [-0.4, -0.2) is 26.7 Å². The number of nitrogens with two attached hydrogens (primary N) is 1. The Morgan fingerprint density at radius 2 is 1.22 bits per heavy atom. The lowest BCUT2D eigenvalue weighted by atomic mass is 10.2. The van der Waals surface area contributed by atoms with E-state index in [2.05, 4.69) is 9.93 Å². The highest BCUT2D eigenvalue weighted by atomic mass is 35.5. The summed E-state index contributed by atoms with van der Waals surface area (Å²) in [6, 6.07) is 25.2. The van der Waals surface area contributed by atoms with Gasteiger partial charge in [-0.15, -0.1) is 0 Å². The summed E-state index contributed by atoms with van der Waals surface area (Å²) in [5, 5.41) is 9.19. The van der Waals surface area contributed by atoms with Crippen molar-refractivity contribution < 1.29 is 16.8 Å². The van der Waals surface area contributed by atoms with E-state index in [4.69, 9.17) is 16.7 Å². The maximum Gasteiger partial charge on any atom is 0.276 e. The van der Waals surface area contributed by atoms with Crippen molar-refractivity contribution in [3.63, 3.8) is 0 Å². The molecule has 3 aromatic carbocycles. The monoisotopic (exact) mass is 490 g/mol. The molecule has 1 aromatic heterocycles. The number of sulfonamides is 2. The van der Waals surface area contributed by atoms with E-state index in [1.54, 1.807) is 36.4 Å². The molecule has 0 bridgehead atoms.